The van der Waals surface area contributed by atoms with Gasteiger partial charge in [-0.05, 0) is 60.2 Å². The highest BCUT2D eigenvalue weighted by molar-refractivity contribution is 7.88. The van der Waals surface area contributed by atoms with Crippen LogP contribution >= 0.6 is 12.4 Å². The molecule has 0 aromatic heterocycles. The number of aryl methyl sites for hydroxylation is 1. The summed E-state index contributed by atoms with van der Waals surface area (Å²) in [5.41, 5.74) is 9.46. The van der Waals surface area contributed by atoms with Gasteiger partial charge in [-0.15, -0.1) is 12.4 Å². The number of halogens is 1. The van der Waals surface area contributed by atoms with Crippen molar-refractivity contribution in [2.45, 2.75) is 31.1 Å². The Kier molecular flexibility index (Phi) is 6.86. The van der Waals surface area contributed by atoms with Crippen molar-refractivity contribution in [2.24, 2.45) is 0 Å². The van der Waals surface area contributed by atoms with Crippen molar-refractivity contribution in [3.8, 4) is 0 Å². The Labute approximate surface area is 165 Å². The van der Waals surface area contributed by atoms with E-state index < -0.39 is 16.0 Å². The summed E-state index contributed by atoms with van der Waals surface area (Å²) in [7, 11) is -2.28. The number of nitrogen functional groups attached to an aromatic ring is 1. The summed E-state index contributed by atoms with van der Waals surface area (Å²) >= 11 is 0. The van der Waals surface area contributed by atoms with Crippen LogP contribution < -0.4 is 10.5 Å². The van der Waals surface area contributed by atoms with Gasteiger partial charge in [-0.3, -0.25) is 0 Å². The third-order valence-electron chi connectivity index (χ3n) is 4.51. The maximum Gasteiger partial charge on any atom is 0.337 e. The predicted molar refractivity (Wildman–Crippen MR) is 107 cm³/mol. The molecule has 8 heteroatoms. The molecule has 27 heavy (non-hydrogen) atoms. The van der Waals surface area contributed by atoms with E-state index >= 15 is 0 Å². The van der Waals surface area contributed by atoms with E-state index in [2.05, 4.69) is 9.46 Å². The zero-order valence-electron chi connectivity index (χ0n) is 15.0. The first-order chi connectivity index (χ1) is 12.4. The minimum Gasteiger partial charge on any atom is -0.465 e. The number of hydrogen-bond donors (Lipinski definition) is 2. The molecule has 0 spiro atoms. The number of nitrogens with one attached hydrogen (secondary N) is 1. The average Bonchev–Trinajstić information content (AvgIpc) is 2.60. The molecule has 1 atom stereocenters. The lowest BCUT2D eigenvalue weighted by Gasteiger charge is -2.26. The van der Waals surface area contributed by atoms with Crippen LogP contribution in [0.3, 0.4) is 0 Å². The van der Waals surface area contributed by atoms with Gasteiger partial charge in [0.15, 0.2) is 0 Å². The van der Waals surface area contributed by atoms with Crippen molar-refractivity contribution in [1.29, 1.82) is 0 Å². The minimum atomic E-state index is -3.57. The van der Waals surface area contributed by atoms with Crippen LogP contribution in [-0.2, 0) is 26.9 Å². The highest BCUT2D eigenvalue weighted by Gasteiger charge is 2.25. The number of hydrogen-bond acceptors (Lipinski definition) is 5. The number of rotatable bonds is 5. The molecule has 0 saturated carbocycles. The van der Waals surface area contributed by atoms with Gasteiger partial charge in [-0.2, -0.15) is 0 Å². The highest BCUT2D eigenvalue weighted by atomic mass is 35.5. The molecule has 2 aromatic carbocycles. The molecule has 3 rings (SSSR count). The summed E-state index contributed by atoms with van der Waals surface area (Å²) in [6.45, 7) is 0. The van der Waals surface area contributed by atoms with Crippen molar-refractivity contribution in [3.05, 3.63) is 64.7 Å². The zero-order chi connectivity index (χ0) is 18.7. The van der Waals surface area contributed by atoms with E-state index in [0.29, 0.717) is 16.8 Å². The van der Waals surface area contributed by atoms with Gasteiger partial charge in [0.1, 0.15) is 0 Å². The zero-order valence-corrected chi connectivity index (χ0v) is 16.6. The lowest BCUT2D eigenvalue weighted by Crippen LogP contribution is -2.32. The fourth-order valence-corrected chi connectivity index (χ4v) is 4.72. The van der Waals surface area contributed by atoms with Crippen molar-refractivity contribution in [3.63, 3.8) is 0 Å². The number of fused-ring (bicyclic) bond motifs is 1. The Morgan fingerprint density at radius 2 is 2.04 bits per heavy atom. The first-order valence-electron chi connectivity index (χ1n) is 8.43. The molecule has 1 aliphatic rings. The van der Waals surface area contributed by atoms with Crippen LogP contribution in [0.2, 0.25) is 0 Å². The van der Waals surface area contributed by atoms with Crippen LogP contribution in [0, 0.1) is 0 Å². The van der Waals surface area contributed by atoms with Crippen LogP contribution in [0.4, 0.5) is 5.69 Å². The first-order valence-corrected chi connectivity index (χ1v) is 10.1. The topological polar surface area (TPSA) is 98.5 Å². The van der Waals surface area contributed by atoms with E-state index in [1.54, 1.807) is 30.3 Å². The standard InChI is InChI=1S/C19H22N2O4S.ClH/c1-25-19(22)15-6-2-4-13(10-15)12-26(23,24)21-18-7-3-5-14-11-16(20)8-9-17(14)18;/h2,4,6,8-11,18,21H,3,5,7,12,20H2,1H3;1H. The SMILES string of the molecule is COC(=O)c1cccc(CS(=O)(=O)NC2CCCc3cc(N)ccc32)c1.Cl. The van der Waals surface area contributed by atoms with E-state index in [9.17, 15) is 13.2 Å². The number of benzene rings is 2. The second kappa shape index (κ2) is 8.73. The quantitative estimate of drug-likeness (QED) is 0.583. The molecular formula is C19H23ClN2O4S. The van der Waals surface area contributed by atoms with Crippen molar-refractivity contribution < 1.29 is 17.9 Å². The molecule has 2 aromatic rings. The Morgan fingerprint density at radius 3 is 2.78 bits per heavy atom. The maximum absolute atomic E-state index is 12.6. The van der Waals surface area contributed by atoms with E-state index in [1.807, 2.05) is 12.1 Å². The van der Waals surface area contributed by atoms with Crippen molar-refractivity contribution >= 4 is 34.1 Å². The number of carbonyl (C=O) groups is 1. The lowest BCUT2D eigenvalue weighted by atomic mass is 9.88. The molecule has 0 bridgehead atoms. The number of ether oxygens (including phenoxy) is 1. The normalized spacial score (nSPS) is 16.1. The largest absolute Gasteiger partial charge is 0.465 e. The summed E-state index contributed by atoms with van der Waals surface area (Å²) in [4.78, 5) is 11.6. The molecular weight excluding hydrogens is 388 g/mol. The molecule has 0 amide bonds. The van der Waals surface area contributed by atoms with Gasteiger partial charge in [0, 0.05) is 11.7 Å². The molecule has 0 saturated heterocycles. The van der Waals surface area contributed by atoms with Crippen molar-refractivity contribution in [1.82, 2.24) is 4.72 Å². The fourth-order valence-electron chi connectivity index (χ4n) is 3.34. The first kappa shape index (κ1) is 21.2. The molecule has 0 heterocycles. The summed E-state index contributed by atoms with van der Waals surface area (Å²) in [5, 5.41) is 0. The summed E-state index contributed by atoms with van der Waals surface area (Å²) in [6, 6.07) is 11.8. The molecule has 1 unspecified atom stereocenters. The van der Waals surface area contributed by atoms with Gasteiger partial charge in [-0.1, -0.05) is 18.2 Å². The molecule has 146 valence electrons. The smallest absolute Gasteiger partial charge is 0.337 e. The maximum atomic E-state index is 12.6. The van der Waals surface area contributed by atoms with E-state index in [-0.39, 0.29) is 24.2 Å². The van der Waals surface area contributed by atoms with E-state index in [1.165, 1.54) is 7.11 Å². The number of anilines is 1. The second-order valence-corrected chi connectivity index (χ2v) is 8.23. The molecule has 0 aliphatic heterocycles. The van der Waals surface area contributed by atoms with Crippen molar-refractivity contribution in [2.75, 3.05) is 12.8 Å². The van der Waals surface area contributed by atoms with Gasteiger partial charge >= 0.3 is 5.97 Å². The van der Waals surface area contributed by atoms with Crippen LogP contribution in [0.15, 0.2) is 42.5 Å². The molecule has 0 radical (unpaired) electrons. The Morgan fingerprint density at radius 1 is 1.26 bits per heavy atom. The summed E-state index contributed by atoms with van der Waals surface area (Å²) in [5.74, 6) is -0.686. The molecule has 6 nitrogen and oxygen atoms in total. The summed E-state index contributed by atoms with van der Waals surface area (Å²) in [6.07, 6.45) is 2.56. The third kappa shape index (κ3) is 5.22. The predicted octanol–water partition coefficient (Wildman–Crippen LogP) is 2.97. The Balaban J connectivity index is 0.00000261. The summed E-state index contributed by atoms with van der Waals surface area (Å²) < 4.78 is 32.8. The molecule has 1 aliphatic carbocycles. The van der Waals surface area contributed by atoms with Gasteiger partial charge < -0.3 is 10.5 Å². The van der Waals surface area contributed by atoms with Crippen LogP contribution in [-0.4, -0.2) is 21.5 Å². The monoisotopic (exact) mass is 410 g/mol. The fraction of sp³-hybridized carbons (Fsp3) is 0.316. The second-order valence-electron chi connectivity index (χ2n) is 6.47. The number of methoxy groups -OCH3 is 1. The van der Waals surface area contributed by atoms with Gasteiger partial charge in [0.05, 0.1) is 18.4 Å². The van der Waals surface area contributed by atoms with Gasteiger partial charge in [0.2, 0.25) is 10.0 Å². The van der Waals surface area contributed by atoms with Crippen LogP contribution in [0.25, 0.3) is 0 Å². The van der Waals surface area contributed by atoms with Crippen LogP contribution in [0.1, 0.15) is 45.9 Å². The van der Waals surface area contributed by atoms with E-state index in [4.69, 9.17) is 5.73 Å². The third-order valence-corrected chi connectivity index (χ3v) is 5.86. The number of carbonyl (C=O) groups excluding carboxylic acids is 1. The Bertz CT molecular complexity index is 931. The number of esters is 1. The van der Waals surface area contributed by atoms with E-state index in [0.717, 1.165) is 30.4 Å². The number of nitrogens with two attached hydrogens (primary N) is 1. The Hall–Kier alpha value is -2.09. The highest BCUT2D eigenvalue weighted by Crippen LogP contribution is 2.31. The average molecular weight is 411 g/mol. The van der Waals surface area contributed by atoms with Gasteiger partial charge in [-0.25, -0.2) is 17.9 Å². The van der Waals surface area contributed by atoms with Gasteiger partial charge in [0.25, 0.3) is 0 Å². The van der Waals surface area contributed by atoms with Crippen LogP contribution in [0.5, 0.6) is 0 Å². The number of sulfonamides is 1. The molecule has 3 N–H and O–H groups in total. The molecule has 0 fully saturated rings. The lowest BCUT2D eigenvalue weighted by molar-refractivity contribution is 0.0600. The minimum absolute atomic E-state index is 0.